The molecule has 0 bridgehead atoms. The third-order valence-electron chi connectivity index (χ3n) is 13.8. The first-order valence-electron chi connectivity index (χ1n) is 24.1. The van der Waals surface area contributed by atoms with Gasteiger partial charge in [-0.25, -0.2) is 9.69 Å². The smallest absolute Gasteiger partial charge is 0.187 e. The third kappa shape index (κ3) is 8.14. The van der Waals surface area contributed by atoms with Crippen LogP contribution in [0.2, 0.25) is 0 Å². The van der Waals surface area contributed by atoms with Gasteiger partial charge in [0.1, 0.15) is 0 Å². The molecule has 0 N–H and O–H groups in total. The molecular formula is C68H40N6. The molecule has 0 heterocycles. The summed E-state index contributed by atoms with van der Waals surface area (Å²) < 4.78 is 0. The number of hydrogen-bond donors (Lipinski definition) is 0. The molecule has 0 aliphatic heterocycles. The van der Waals surface area contributed by atoms with Crippen LogP contribution < -0.4 is 9.80 Å². The first kappa shape index (κ1) is 44.4. The second-order valence-corrected chi connectivity index (χ2v) is 18.2. The van der Waals surface area contributed by atoms with Gasteiger partial charge in [-0.05, 0) is 163 Å². The number of anilines is 6. The molecule has 12 aromatic carbocycles. The number of para-hydroxylation sites is 2. The van der Waals surface area contributed by atoms with E-state index >= 15 is 0 Å². The normalized spacial score (nSPS) is 10.9. The Morgan fingerprint density at radius 1 is 0.311 bits per heavy atom. The molecule has 12 rings (SSSR count). The van der Waals surface area contributed by atoms with Crippen LogP contribution in [0, 0.1) is 35.8 Å². The van der Waals surface area contributed by atoms with Crippen molar-refractivity contribution in [3.63, 3.8) is 0 Å². The van der Waals surface area contributed by atoms with Crippen molar-refractivity contribution in [2.24, 2.45) is 0 Å². The number of nitrogens with zero attached hydrogens (tertiary/aromatic N) is 6. The Labute approximate surface area is 429 Å². The van der Waals surface area contributed by atoms with E-state index in [9.17, 15) is 10.5 Å². The average molecular weight is 941 g/mol. The van der Waals surface area contributed by atoms with Crippen LogP contribution in [0.25, 0.3) is 86.5 Å². The van der Waals surface area contributed by atoms with Crippen LogP contribution in [0.15, 0.2) is 243 Å². The minimum absolute atomic E-state index is 0.581. The molecule has 0 fully saturated rings. The lowest BCUT2D eigenvalue weighted by molar-refractivity contribution is 1.30. The van der Waals surface area contributed by atoms with Crippen LogP contribution in [0.3, 0.4) is 0 Å². The van der Waals surface area contributed by atoms with E-state index in [1.54, 1.807) is 0 Å². The highest BCUT2D eigenvalue weighted by Gasteiger charge is 2.24. The van der Waals surface area contributed by atoms with E-state index in [1.165, 1.54) is 0 Å². The van der Waals surface area contributed by atoms with Crippen molar-refractivity contribution in [1.82, 2.24) is 0 Å². The Balaban J connectivity index is 1.08. The van der Waals surface area contributed by atoms with Crippen molar-refractivity contribution in [3.05, 3.63) is 277 Å². The third-order valence-corrected chi connectivity index (χ3v) is 13.8. The number of rotatable bonds is 10. The van der Waals surface area contributed by atoms with Gasteiger partial charge in [0.2, 0.25) is 0 Å². The summed E-state index contributed by atoms with van der Waals surface area (Å²) in [5.41, 5.74) is 16.2. The number of benzene rings is 12. The molecule has 0 aromatic heterocycles. The van der Waals surface area contributed by atoms with E-state index in [-0.39, 0.29) is 0 Å². The van der Waals surface area contributed by atoms with Gasteiger partial charge < -0.3 is 9.80 Å². The Bertz CT molecular complexity index is 3820. The Morgan fingerprint density at radius 3 is 0.959 bits per heavy atom. The van der Waals surface area contributed by atoms with Crippen molar-refractivity contribution in [2.75, 3.05) is 9.80 Å². The average Bonchev–Trinajstić information content (AvgIpc) is 3.48. The topological polar surface area (TPSA) is 62.8 Å². The molecule has 0 radical (unpaired) electrons. The maximum absolute atomic E-state index is 9.67. The molecule has 0 atom stereocenters. The summed E-state index contributed by atoms with van der Waals surface area (Å²) in [5.74, 6) is 0. The molecule has 342 valence electrons. The summed E-state index contributed by atoms with van der Waals surface area (Å²) in [4.78, 5) is 12.0. The van der Waals surface area contributed by atoms with Crippen LogP contribution in [0.5, 0.6) is 0 Å². The highest BCUT2D eigenvalue weighted by molar-refractivity contribution is 6.28. The fourth-order valence-electron chi connectivity index (χ4n) is 10.2. The van der Waals surface area contributed by atoms with Gasteiger partial charge in [0.25, 0.3) is 0 Å². The summed E-state index contributed by atoms with van der Waals surface area (Å²) in [6, 6.07) is 87.5. The monoisotopic (exact) mass is 940 g/mol. The molecule has 0 unspecified atom stereocenters. The summed E-state index contributed by atoms with van der Waals surface area (Å²) in [6.45, 7) is 15.2. The zero-order chi connectivity index (χ0) is 50.1. The van der Waals surface area contributed by atoms with Gasteiger partial charge >= 0.3 is 0 Å². The molecule has 0 amide bonds. The zero-order valence-electron chi connectivity index (χ0n) is 39.8. The summed E-state index contributed by atoms with van der Waals surface area (Å²) in [5, 5.41) is 26.1. The van der Waals surface area contributed by atoms with Crippen molar-refractivity contribution in [2.45, 2.75) is 0 Å². The second kappa shape index (κ2) is 18.9. The van der Waals surface area contributed by atoms with Gasteiger partial charge in [-0.1, -0.05) is 146 Å². The minimum atomic E-state index is 0.581. The lowest BCUT2D eigenvalue weighted by Gasteiger charge is -2.30. The van der Waals surface area contributed by atoms with Crippen LogP contribution in [-0.2, 0) is 0 Å². The van der Waals surface area contributed by atoms with E-state index in [4.69, 9.17) is 13.1 Å². The van der Waals surface area contributed by atoms with Gasteiger partial charge in [-0.3, -0.25) is 0 Å². The van der Waals surface area contributed by atoms with E-state index in [2.05, 4.69) is 165 Å². The highest BCUT2D eigenvalue weighted by atomic mass is 15.1. The van der Waals surface area contributed by atoms with Crippen LogP contribution >= 0.6 is 0 Å². The second-order valence-electron chi connectivity index (χ2n) is 18.2. The summed E-state index contributed by atoms with van der Waals surface area (Å²) in [6.07, 6.45) is 0. The van der Waals surface area contributed by atoms with Gasteiger partial charge in [0.15, 0.2) is 11.4 Å². The first-order valence-corrected chi connectivity index (χ1v) is 24.1. The Hall–Kier alpha value is -10.8. The quantitative estimate of drug-likeness (QED) is 0.101. The van der Waals surface area contributed by atoms with E-state index in [0.29, 0.717) is 22.5 Å². The summed E-state index contributed by atoms with van der Waals surface area (Å²) in [7, 11) is 0. The van der Waals surface area contributed by atoms with Gasteiger partial charge in [0, 0.05) is 33.5 Å². The van der Waals surface area contributed by atoms with E-state index < -0.39 is 0 Å². The number of nitriles is 2. The van der Waals surface area contributed by atoms with Crippen molar-refractivity contribution in [3.8, 4) is 56.6 Å². The fraction of sp³-hybridized carbons (Fsp3) is 0. The molecule has 6 nitrogen and oxygen atoms in total. The standard InChI is InChI=1S/C68H40N6/c1-71-57-29-21-49(22-30-57)55-37-53(47-17-13-45(43-69)14-18-47)39-61(41-55)73(59-9-5-3-6-10-59)65-35-27-51-26-34-64-66(36-28-52-25-33-63(65)67(51)68(52)64)74(60-11-7-4-8-12-60)62-40-54(48-19-15-46(44-70)16-20-48)38-56(42-62)50-23-31-58(72-2)32-24-50/h3-42H. The lowest BCUT2D eigenvalue weighted by Crippen LogP contribution is -2.12. The van der Waals surface area contributed by atoms with E-state index in [1.807, 2.05) is 109 Å². The van der Waals surface area contributed by atoms with E-state index in [0.717, 1.165) is 111 Å². The molecule has 12 aromatic rings. The molecule has 0 aliphatic rings. The Kier molecular flexibility index (Phi) is 11.3. The molecule has 6 heteroatoms. The predicted octanol–water partition coefficient (Wildman–Crippen LogP) is 19.0. The number of hydrogen-bond acceptors (Lipinski definition) is 4. The van der Waals surface area contributed by atoms with Crippen LogP contribution in [-0.4, -0.2) is 0 Å². The van der Waals surface area contributed by atoms with Gasteiger partial charge in [-0.2, -0.15) is 10.5 Å². The fourth-order valence-corrected chi connectivity index (χ4v) is 10.2. The molecular weight excluding hydrogens is 901 g/mol. The minimum Gasteiger partial charge on any atom is -0.310 e. The van der Waals surface area contributed by atoms with Gasteiger partial charge in [-0.15, -0.1) is 0 Å². The van der Waals surface area contributed by atoms with Crippen molar-refractivity contribution >= 4 is 77.8 Å². The highest BCUT2D eigenvalue weighted by Crippen LogP contribution is 2.49. The molecule has 0 aliphatic carbocycles. The SMILES string of the molecule is [C-]#[N+]c1ccc(-c2cc(-c3ccc(C#N)cc3)cc(N(c3ccccc3)c3ccc4ccc5c(N(c6ccccc6)c6cc(-c7ccc(C#N)cc7)cc(-c7ccc([N+]#[C-])cc7)c6)ccc6ccc3c4c65)c2)cc1. The van der Waals surface area contributed by atoms with Crippen LogP contribution in [0.1, 0.15) is 11.1 Å². The zero-order valence-corrected chi connectivity index (χ0v) is 39.8. The van der Waals surface area contributed by atoms with Crippen molar-refractivity contribution < 1.29 is 0 Å². The largest absolute Gasteiger partial charge is 0.310 e. The summed E-state index contributed by atoms with van der Waals surface area (Å²) >= 11 is 0. The van der Waals surface area contributed by atoms with Crippen molar-refractivity contribution in [1.29, 1.82) is 10.5 Å². The molecule has 74 heavy (non-hydrogen) atoms. The Morgan fingerprint density at radius 2 is 0.635 bits per heavy atom. The molecule has 0 spiro atoms. The molecule has 0 saturated carbocycles. The maximum Gasteiger partial charge on any atom is 0.187 e. The lowest BCUT2D eigenvalue weighted by atomic mass is 9.91. The van der Waals surface area contributed by atoms with Crippen LogP contribution in [0.4, 0.5) is 45.5 Å². The van der Waals surface area contributed by atoms with Gasteiger partial charge in [0.05, 0.1) is 47.8 Å². The predicted molar refractivity (Wildman–Crippen MR) is 303 cm³/mol. The molecule has 0 saturated heterocycles. The maximum atomic E-state index is 9.67. The first-order chi connectivity index (χ1) is 36.5.